The van der Waals surface area contributed by atoms with E-state index in [1.807, 2.05) is 67.6 Å². The van der Waals surface area contributed by atoms with Crippen LogP contribution in [0.15, 0.2) is 95.0 Å². The third kappa shape index (κ3) is 6.73. The molecule has 0 aliphatic rings. The second-order valence-electron chi connectivity index (χ2n) is 7.81. The van der Waals surface area contributed by atoms with Crippen LogP contribution in [-0.4, -0.2) is 48.1 Å². The van der Waals surface area contributed by atoms with Crippen molar-refractivity contribution in [2.75, 3.05) is 19.0 Å². The van der Waals surface area contributed by atoms with Gasteiger partial charge in [0.05, 0.1) is 10.6 Å². The van der Waals surface area contributed by atoms with E-state index in [0.717, 1.165) is 17.3 Å². The number of hydrogen-bond donors (Lipinski definition) is 0. The highest BCUT2D eigenvalue weighted by Gasteiger charge is 2.23. The molecule has 3 aromatic carbocycles. The van der Waals surface area contributed by atoms with E-state index >= 15 is 0 Å². The normalized spacial score (nSPS) is 11.2. The third-order valence-electron chi connectivity index (χ3n) is 5.09. The highest BCUT2D eigenvalue weighted by molar-refractivity contribution is 7.99. The summed E-state index contributed by atoms with van der Waals surface area (Å²) in [7, 11) is -3.65. The van der Waals surface area contributed by atoms with Crippen molar-refractivity contribution < 1.29 is 22.7 Å². The summed E-state index contributed by atoms with van der Waals surface area (Å²) in [6, 6.07) is 25.1. The van der Waals surface area contributed by atoms with Crippen molar-refractivity contribution in [3.63, 3.8) is 0 Å². The molecule has 0 amide bonds. The molecule has 0 unspecified atom stereocenters. The SMILES string of the molecule is Cc1ccc(S(=O)(=O)Cc2nnc(SCC(=O)OCCOc3ccccc3)n2-c2ccccc2)cc1. The minimum Gasteiger partial charge on any atom is -0.490 e. The van der Waals surface area contributed by atoms with E-state index in [1.54, 1.807) is 28.8 Å². The number of carbonyl (C=O) groups is 1. The van der Waals surface area contributed by atoms with Gasteiger partial charge in [0.1, 0.15) is 24.7 Å². The van der Waals surface area contributed by atoms with Crippen LogP contribution in [0.2, 0.25) is 0 Å². The molecule has 4 aromatic rings. The van der Waals surface area contributed by atoms with E-state index < -0.39 is 15.8 Å². The fraction of sp³-hybridized carbons (Fsp3) is 0.192. The number of rotatable bonds is 11. The highest BCUT2D eigenvalue weighted by Crippen LogP contribution is 2.25. The standard InChI is InChI=1S/C26H25N3O5S2/c1-20-12-14-23(15-13-20)36(31,32)19-24-27-28-26(29(24)21-8-4-2-5-9-21)35-18-25(30)34-17-16-33-22-10-6-3-7-11-22/h2-15H,16-19H2,1H3. The van der Waals surface area contributed by atoms with Gasteiger partial charge in [0.2, 0.25) is 0 Å². The number of thioether (sulfide) groups is 1. The Balaban J connectivity index is 1.43. The van der Waals surface area contributed by atoms with Gasteiger partial charge in [-0.25, -0.2) is 8.42 Å². The molecule has 0 aliphatic heterocycles. The van der Waals surface area contributed by atoms with E-state index in [-0.39, 0.29) is 35.4 Å². The third-order valence-corrected chi connectivity index (χ3v) is 7.62. The Hall–Kier alpha value is -3.63. The van der Waals surface area contributed by atoms with Gasteiger partial charge in [-0.05, 0) is 43.3 Å². The monoisotopic (exact) mass is 523 g/mol. The van der Waals surface area contributed by atoms with Crippen LogP contribution in [0, 0.1) is 6.92 Å². The molecule has 10 heteroatoms. The number of carbonyl (C=O) groups excluding carboxylic acids is 1. The Labute approximate surface area is 214 Å². The fourth-order valence-corrected chi connectivity index (χ4v) is 5.33. The van der Waals surface area contributed by atoms with Gasteiger partial charge in [0, 0.05) is 5.69 Å². The maximum absolute atomic E-state index is 13.0. The molecular formula is C26H25N3O5S2. The van der Waals surface area contributed by atoms with Gasteiger partial charge in [-0.2, -0.15) is 0 Å². The van der Waals surface area contributed by atoms with E-state index in [4.69, 9.17) is 9.47 Å². The molecule has 0 radical (unpaired) electrons. The Morgan fingerprint density at radius 1 is 0.889 bits per heavy atom. The van der Waals surface area contributed by atoms with Crippen molar-refractivity contribution in [3.8, 4) is 11.4 Å². The van der Waals surface area contributed by atoms with Crippen LogP contribution in [0.25, 0.3) is 5.69 Å². The Kier molecular flexibility index (Phi) is 8.40. The second kappa shape index (κ2) is 11.9. The summed E-state index contributed by atoms with van der Waals surface area (Å²) < 4.78 is 38.5. The summed E-state index contributed by atoms with van der Waals surface area (Å²) in [6.07, 6.45) is 0. The number of para-hydroxylation sites is 2. The Morgan fingerprint density at radius 2 is 1.56 bits per heavy atom. The van der Waals surface area contributed by atoms with Crippen LogP contribution in [0.3, 0.4) is 0 Å². The Bertz CT molecular complexity index is 1390. The average Bonchev–Trinajstić information content (AvgIpc) is 3.28. The average molecular weight is 524 g/mol. The van der Waals surface area contributed by atoms with Gasteiger partial charge >= 0.3 is 5.97 Å². The van der Waals surface area contributed by atoms with Gasteiger partial charge in [-0.3, -0.25) is 9.36 Å². The zero-order valence-corrected chi connectivity index (χ0v) is 21.2. The molecule has 1 aromatic heterocycles. The van der Waals surface area contributed by atoms with Crippen LogP contribution < -0.4 is 4.74 Å². The number of ether oxygens (including phenoxy) is 2. The van der Waals surface area contributed by atoms with Crippen LogP contribution in [0.1, 0.15) is 11.4 Å². The van der Waals surface area contributed by atoms with Crippen molar-refractivity contribution in [2.45, 2.75) is 22.7 Å². The lowest BCUT2D eigenvalue weighted by molar-refractivity contribution is -0.141. The first-order chi connectivity index (χ1) is 17.4. The molecule has 0 fully saturated rings. The minimum atomic E-state index is -3.65. The second-order valence-corrected chi connectivity index (χ2v) is 10.7. The quantitative estimate of drug-likeness (QED) is 0.163. The highest BCUT2D eigenvalue weighted by atomic mass is 32.2. The topological polar surface area (TPSA) is 100 Å². The first kappa shape index (κ1) is 25.5. The molecule has 1 heterocycles. The number of aryl methyl sites for hydroxylation is 1. The smallest absolute Gasteiger partial charge is 0.316 e. The van der Waals surface area contributed by atoms with Crippen molar-refractivity contribution in [3.05, 3.63) is 96.3 Å². The molecule has 36 heavy (non-hydrogen) atoms. The molecule has 0 spiro atoms. The Morgan fingerprint density at radius 3 is 2.25 bits per heavy atom. The minimum absolute atomic E-state index is 0.0129. The lowest BCUT2D eigenvalue weighted by atomic mass is 10.2. The molecule has 0 atom stereocenters. The maximum Gasteiger partial charge on any atom is 0.316 e. The zero-order chi connectivity index (χ0) is 25.4. The molecule has 186 valence electrons. The summed E-state index contributed by atoms with van der Waals surface area (Å²) >= 11 is 1.13. The number of benzene rings is 3. The predicted molar refractivity (Wildman–Crippen MR) is 137 cm³/mol. The lowest BCUT2D eigenvalue weighted by Crippen LogP contribution is -2.14. The van der Waals surface area contributed by atoms with E-state index in [0.29, 0.717) is 16.6 Å². The van der Waals surface area contributed by atoms with E-state index in [1.165, 1.54) is 0 Å². The first-order valence-corrected chi connectivity index (χ1v) is 13.8. The molecule has 0 bridgehead atoms. The van der Waals surface area contributed by atoms with Crippen molar-refractivity contribution in [1.29, 1.82) is 0 Å². The van der Waals surface area contributed by atoms with Gasteiger partial charge in [-0.1, -0.05) is 65.9 Å². The molecule has 0 N–H and O–H groups in total. The molecule has 0 aliphatic carbocycles. The van der Waals surface area contributed by atoms with Crippen molar-refractivity contribution in [2.24, 2.45) is 0 Å². The summed E-state index contributed by atoms with van der Waals surface area (Å²) in [5.74, 6) is 0.176. The summed E-state index contributed by atoms with van der Waals surface area (Å²) in [4.78, 5) is 12.5. The lowest BCUT2D eigenvalue weighted by Gasteiger charge is -2.11. The zero-order valence-electron chi connectivity index (χ0n) is 19.6. The maximum atomic E-state index is 13.0. The number of hydrogen-bond acceptors (Lipinski definition) is 8. The van der Waals surface area contributed by atoms with Gasteiger partial charge in [-0.15, -0.1) is 10.2 Å². The van der Waals surface area contributed by atoms with Crippen LogP contribution in [0.4, 0.5) is 0 Å². The van der Waals surface area contributed by atoms with Crippen LogP contribution in [0.5, 0.6) is 5.75 Å². The number of aromatic nitrogens is 3. The molecule has 0 saturated heterocycles. The van der Waals surface area contributed by atoms with E-state index in [9.17, 15) is 13.2 Å². The number of esters is 1. The van der Waals surface area contributed by atoms with E-state index in [2.05, 4.69) is 10.2 Å². The summed E-state index contributed by atoms with van der Waals surface area (Å²) in [6.45, 7) is 2.24. The van der Waals surface area contributed by atoms with Gasteiger partial charge in [0.25, 0.3) is 0 Å². The molecule has 4 rings (SSSR count). The number of sulfone groups is 1. The summed E-state index contributed by atoms with van der Waals surface area (Å²) in [5, 5.41) is 8.72. The molecule has 0 saturated carbocycles. The number of nitrogens with zero attached hydrogens (tertiary/aromatic N) is 3. The largest absolute Gasteiger partial charge is 0.490 e. The van der Waals surface area contributed by atoms with Crippen LogP contribution >= 0.6 is 11.8 Å². The molecule has 8 nitrogen and oxygen atoms in total. The van der Waals surface area contributed by atoms with Gasteiger partial charge < -0.3 is 9.47 Å². The first-order valence-electron chi connectivity index (χ1n) is 11.2. The molecular weight excluding hydrogens is 498 g/mol. The van der Waals surface area contributed by atoms with Crippen molar-refractivity contribution in [1.82, 2.24) is 14.8 Å². The van der Waals surface area contributed by atoms with Crippen LogP contribution in [-0.2, 0) is 25.1 Å². The fourth-order valence-electron chi connectivity index (χ4n) is 3.32. The van der Waals surface area contributed by atoms with Crippen molar-refractivity contribution >= 4 is 27.6 Å². The van der Waals surface area contributed by atoms with Gasteiger partial charge in [0.15, 0.2) is 20.8 Å². The summed E-state index contributed by atoms with van der Waals surface area (Å²) in [5.41, 5.74) is 1.67. The predicted octanol–water partition coefficient (Wildman–Crippen LogP) is 4.26.